The van der Waals surface area contributed by atoms with E-state index in [2.05, 4.69) is 13.8 Å². The van der Waals surface area contributed by atoms with Crippen molar-refractivity contribution in [3.05, 3.63) is 0 Å². The summed E-state index contributed by atoms with van der Waals surface area (Å²) in [6.07, 6.45) is 3.21. The second kappa shape index (κ2) is 3.37. The predicted octanol–water partition coefficient (Wildman–Crippen LogP) is 3.09. The maximum atomic E-state index is 5.31. The highest BCUT2D eigenvalue weighted by molar-refractivity contribution is 5.10. The largest absolute Gasteiger partial charge is 0.381 e. The molecule has 72 valence electrons. The Morgan fingerprint density at radius 1 is 1.08 bits per heavy atom. The third-order valence-electron chi connectivity index (χ3n) is 3.65. The first-order chi connectivity index (χ1) is 5.66. The summed E-state index contributed by atoms with van der Waals surface area (Å²) in [5.74, 6) is 1.97. The van der Waals surface area contributed by atoms with Crippen LogP contribution in [-0.2, 0) is 4.74 Å². The van der Waals surface area contributed by atoms with Crippen LogP contribution in [0.1, 0.15) is 40.5 Å². The second-order valence-corrected chi connectivity index (χ2v) is 4.36. The van der Waals surface area contributed by atoms with Crippen LogP contribution in [0.4, 0.5) is 0 Å². The van der Waals surface area contributed by atoms with E-state index in [9.17, 15) is 0 Å². The standard InChI is InChI=1S/C9H16O.C2H6/c1-9(2)7-4-6(10-3)5-8(7)9;1-2/h6-8H,4-5H2,1-3H3;1-2H3. The summed E-state index contributed by atoms with van der Waals surface area (Å²) in [6, 6.07) is 0. The Hall–Kier alpha value is -0.0400. The zero-order valence-corrected chi connectivity index (χ0v) is 9.05. The van der Waals surface area contributed by atoms with E-state index in [1.165, 1.54) is 12.8 Å². The van der Waals surface area contributed by atoms with Crippen LogP contribution in [0.25, 0.3) is 0 Å². The van der Waals surface area contributed by atoms with Crippen LogP contribution in [0.2, 0.25) is 0 Å². The quantitative estimate of drug-likeness (QED) is 0.587. The van der Waals surface area contributed by atoms with Gasteiger partial charge in [-0.05, 0) is 30.1 Å². The van der Waals surface area contributed by atoms with Gasteiger partial charge in [-0.1, -0.05) is 27.7 Å². The van der Waals surface area contributed by atoms with Crippen molar-refractivity contribution in [2.45, 2.75) is 46.6 Å². The molecule has 0 aromatic heterocycles. The summed E-state index contributed by atoms with van der Waals surface area (Å²) in [6.45, 7) is 8.77. The topological polar surface area (TPSA) is 9.23 Å². The minimum Gasteiger partial charge on any atom is -0.381 e. The predicted molar refractivity (Wildman–Crippen MR) is 52.1 cm³/mol. The van der Waals surface area contributed by atoms with Crippen LogP contribution in [0.5, 0.6) is 0 Å². The van der Waals surface area contributed by atoms with E-state index in [0.717, 1.165) is 11.8 Å². The zero-order valence-electron chi connectivity index (χ0n) is 9.05. The molecule has 0 amide bonds. The molecule has 2 saturated carbocycles. The number of ether oxygens (including phenoxy) is 1. The number of rotatable bonds is 1. The Balaban J connectivity index is 0.000000336. The Morgan fingerprint density at radius 2 is 1.50 bits per heavy atom. The zero-order chi connectivity index (χ0) is 9.35. The summed E-state index contributed by atoms with van der Waals surface area (Å²) in [7, 11) is 1.84. The van der Waals surface area contributed by atoms with Gasteiger partial charge < -0.3 is 4.74 Å². The third kappa shape index (κ3) is 1.39. The van der Waals surface area contributed by atoms with Gasteiger partial charge in [0.1, 0.15) is 0 Å². The fourth-order valence-corrected chi connectivity index (χ4v) is 2.65. The normalized spacial score (nSPS) is 41.2. The highest BCUT2D eigenvalue weighted by Crippen LogP contribution is 2.66. The van der Waals surface area contributed by atoms with E-state index in [4.69, 9.17) is 4.74 Å². The van der Waals surface area contributed by atoms with Crippen LogP contribution in [0.15, 0.2) is 0 Å². The molecule has 2 rings (SSSR count). The van der Waals surface area contributed by atoms with Crippen molar-refractivity contribution in [2.24, 2.45) is 17.3 Å². The Bertz CT molecular complexity index is 137. The molecule has 0 bridgehead atoms. The van der Waals surface area contributed by atoms with E-state index >= 15 is 0 Å². The molecule has 1 heteroatoms. The first-order valence-electron chi connectivity index (χ1n) is 5.19. The molecule has 0 heterocycles. The van der Waals surface area contributed by atoms with Crippen molar-refractivity contribution in [3.63, 3.8) is 0 Å². The van der Waals surface area contributed by atoms with Crippen LogP contribution in [0.3, 0.4) is 0 Å². The van der Waals surface area contributed by atoms with Crippen molar-refractivity contribution in [1.82, 2.24) is 0 Å². The van der Waals surface area contributed by atoms with E-state index < -0.39 is 0 Å². The molecule has 2 fully saturated rings. The van der Waals surface area contributed by atoms with Gasteiger partial charge in [-0.15, -0.1) is 0 Å². The average molecular weight is 170 g/mol. The second-order valence-electron chi connectivity index (χ2n) is 4.36. The summed E-state index contributed by atoms with van der Waals surface area (Å²) in [5, 5.41) is 0. The van der Waals surface area contributed by atoms with E-state index in [-0.39, 0.29) is 0 Å². The number of fused-ring (bicyclic) bond motifs is 1. The molecule has 0 aliphatic heterocycles. The van der Waals surface area contributed by atoms with Gasteiger partial charge in [0.05, 0.1) is 6.10 Å². The lowest BCUT2D eigenvalue weighted by atomic mass is 9.99. The van der Waals surface area contributed by atoms with Crippen molar-refractivity contribution >= 4 is 0 Å². The lowest BCUT2D eigenvalue weighted by Crippen LogP contribution is -2.12. The molecule has 0 radical (unpaired) electrons. The molecule has 2 aliphatic rings. The summed E-state index contributed by atoms with van der Waals surface area (Å²) >= 11 is 0. The SMILES string of the molecule is CC.COC1CC2C(C1)C2(C)C. The first-order valence-corrected chi connectivity index (χ1v) is 5.19. The first kappa shape index (κ1) is 10.0. The lowest BCUT2D eigenvalue weighted by Gasteiger charge is -2.14. The molecular formula is C11H22O. The molecule has 2 unspecified atom stereocenters. The van der Waals surface area contributed by atoms with Crippen LogP contribution in [0, 0.1) is 17.3 Å². The van der Waals surface area contributed by atoms with Gasteiger partial charge in [-0.25, -0.2) is 0 Å². The van der Waals surface area contributed by atoms with Gasteiger partial charge in [-0.2, -0.15) is 0 Å². The highest BCUT2D eigenvalue weighted by atomic mass is 16.5. The molecule has 2 aliphatic carbocycles. The van der Waals surface area contributed by atoms with Crippen molar-refractivity contribution < 1.29 is 4.74 Å². The van der Waals surface area contributed by atoms with E-state index in [1.807, 2.05) is 21.0 Å². The average Bonchev–Trinajstić information content (AvgIpc) is 2.54. The van der Waals surface area contributed by atoms with Gasteiger partial charge in [0.2, 0.25) is 0 Å². The van der Waals surface area contributed by atoms with Crippen LogP contribution in [-0.4, -0.2) is 13.2 Å². The lowest BCUT2D eigenvalue weighted by molar-refractivity contribution is 0.0875. The smallest absolute Gasteiger partial charge is 0.0577 e. The summed E-state index contributed by atoms with van der Waals surface area (Å²) < 4.78 is 5.31. The number of methoxy groups -OCH3 is 1. The molecule has 0 spiro atoms. The molecule has 2 atom stereocenters. The van der Waals surface area contributed by atoms with Gasteiger partial charge in [-0.3, -0.25) is 0 Å². The van der Waals surface area contributed by atoms with Gasteiger partial charge in [0.25, 0.3) is 0 Å². The highest BCUT2D eigenvalue weighted by Gasteiger charge is 2.62. The van der Waals surface area contributed by atoms with Crippen molar-refractivity contribution in [1.29, 1.82) is 0 Å². The summed E-state index contributed by atoms with van der Waals surface area (Å²) in [5.41, 5.74) is 0.662. The molecule has 12 heavy (non-hydrogen) atoms. The van der Waals surface area contributed by atoms with Gasteiger partial charge in [0, 0.05) is 7.11 Å². The minimum absolute atomic E-state index is 0.586. The number of hydrogen-bond donors (Lipinski definition) is 0. The molecule has 1 nitrogen and oxygen atoms in total. The number of hydrogen-bond acceptors (Lipinski definition) is 1. The van der Waals surface area contributed by atoms with Gasteiger partial charge >= 0.3 is 0 Å². The maximum absolute atomic E-state index is 5.31. The molecular weight excluding hydrogens is 148 g/mol. The molecule has 0 aromatic rings. The van der Waals surface area contributed by atoms with Crippen molar-refractivity contribution in [2.75, 3.05) is 7.11 Å². The third-order valence-corrected chi connectivity index (χ3v) is 3.65. The molecule has 0 N–H and O–H groups in total. The molecule has 0 saturated heterocycles. The Kier molecular flexibility index (Phi) is 2.82. The Labute approximate surface area is 76.5 Å². The van der Waals surface area contributed by atoms with Crippen LogP contribution < -0.4 is 0 Å². The van der Waals surface area contributed by atoms with E-state index in [0.29, 0.717) is 11.5 Å². The fourth-order valence-electron chi connectivity index (χ4n) is 2.65. The van der Waals surface area contributed by atoms with Crippen molar-refractivity contribution in [3.8, 4) is 0 Å². The molecule has 0 aromatic carbocycles. The Morgan fingerprint density at radius 3 is 1.83 bits per heavy atom. The van der Waals surface area contributed by atoms with Crippen LogP contribution >= 0.6 is 0 Å². The minimum atomic E-state index is 0.586. The van der Waals surface area contributed by atoms with E-state index in [1.54, 1.807) is 0 Å². The monoisotopic (exact) mass is 170 g/mol. The maximum Gasteiger partial charge on any atom is 0.0577 e. The summed E-state index contributed by atoms with van der Waals surface area (Å²) in [4.78, 5) is 0. The van der Waals surface area contributed by atoms with Gasteiger partial charge in [0.15, 0.2) is 0 Å². The fraction of sp³-hybridized carbons (Fsp3) is 1.00.